The van der Waals surface area contributed by atoms with Crippen molar-refractivity contribution in [1.82, 2.24) is 9.55 Å². The molecule has 2 heterocycles. The number of rotatable bonds is 3. The Kier molecular flexibility index (Phi) is 4.92. The topological polar surface area (TPSA) is 34.8 Å². The van der Waals surface area contributed by atoms with Gasteiger partial charge < -0.3 is 4.42 Å². The maximum Gasteiger partial charge on any atom is 0.295 e. The minimum atomic E-state index is 0.834. The number of nitrogens with zero attached hydrogens (tertiary/aromatic N) is 3. The van der Waals surface area contributed by atoms with Gasteiger partial charge in [-0.1, -0.05) is 60.7 Å². The molecular formula is C36H26N3O+. The van der Waals surface area contributed by atoms with E-state index in [1.165, 1.54) is 50.5 Å². The van der Waals surface area contributed by atoms with Crippen molar-refractivity contribution in [3.63, 3.8) is 0 Å². The summed E-state index contributed by atoms with van der Waals surface area (Å²) in [6.07, 6.45) is 1.51. The molecule has 0 aliphatic heterocycles. The highest BCUT2D eigenvalue weighted by Gasteiger charge is 2.28. The Bertz CT molecular complexity index is 2240. The number of fused-ring (bicyclic) bond motifs is 6. The molecule has 8 aromatic rings. The van der Waals surface area contributed by atoms with Crippen LogP contribution in [0.3, 0.4) is 0 Å². The van der Waals surface area contributed by atoms with E-state index in [4.69, 9.17) is 4.42 Å². The number of benzene rings is 6. The van der Waals surface area contributed by atoms with E-state index in [0.29, 0.717) is 0 Å². The highest BCUT2D eigenvalue weighted by atomic mass is 16.3. The zero-order valence-electron chi connectivity index (χ0n) is 22.3. The highest BCUT2D eigenvalue weighted by Crippen LogP contribution is 2.36. The van der Waals surface area contributed by atoms with Crippen molar-refractivity contribution in [2.24, 2.45) is 7.05 Å². The van der Waals surface area contributed by atoms with E-state index in [1.807, 2.05) is 6.07 Å². The van der Waals surface area contributed by atoms with E-state index in [1.54, 1.807) is 0 Å². The molecule has 8 rings (SSSR count). The lowest BCUT2D eigenvalue weighted by Crippen LogP contribution is -2.30. The fraction of sp³-hybridized carbons (Fsp3) is 0.0556. The zero-order chi connectivity index (χ0) is 26.8. The number of hydrogen-bond donors (Lipinski definition) is 0. The van der Waals surface area contributed by atoms with Gasteiger partial charge >= 0.3 is 0 Å². The molecule has 0 spiro atoms. The Hall–Kier alpha value is -5.22. The van der Waals surface area contributed by atoms with Gasteiger partial charge in [0.05, 0.1) is 12.6 Å². The minimum absolute atomic E-state index is 0.834. The van der Waals surface area contributed by atoms with Gasteiger partial charge in [0.1, 0.15) is 11.2 Å². The lowest BCUT2D eigenvalue weighted by atomic mass is 9.97. The molecule has 190 valence electrons. The van der Waals surface area contributed by atoms with Crippen molar-refractivity contribution in [2.45, 2.75) is 6.92 Å². The first kappa shape index (κ1) is 22.7. The summed E-state index contributed by atoms with van der Waals surface area (Å²) in [6.45, 7) is 2.20. The summed E-state index contributed by atoms with van der Waals surface area (Å²) < 4.78 is 10.4. The molecule has 2 aromatic heterocycles. The van der Waals surface area contributed by atoms with Crippen LogP contribution in [-0.4, -0.2) is 9.55 Å². The zero-order valence-corrected chi connectivity index (χ0v) is 22.3. The molecule has 0 unspecified atom stereocenters. The van der Waals surface area contributed by atoms with Crippen LogP contribution in [0.25, 0.3) is 71.9 Å². The van der Waals surface area contributed by atoms with Crippen LogP contribution < -0.4 is 4.57 Å². The summed E-state index contributed by atoms with van der Waals surface area (Å²) in [7, 11) is 2.18. The van der Waals surface area contributed by atoms with Crippen molar-refractivity contribution in [3.8, 4) is 28.2 Å². The maximum atomic E-state index is 5.68. The molecule has 4 nitrogen and oxygen atoms in total. The number of aryl methyl sites for hydroxylation is 2. The van der Waals surface area contributed by atoms with Gasteiger partial charge in [0.25, 0.3) is 5.82 Å². The Labute approximate surface area is 231 Å². The molecule has 4 heteroatoms. The smallest absolute Gasteiger partial charge is 0.295 e. The fourth-order valence-corrected chi connectivity index (χ4v) is 6.12. The van der Waals surface area contributed by atoms with Crippen LogP contribution in [0.5, 0.6) is 0 Å². The highest BCUT2D eigenvalue weighted by molar-refractivity contribution is 6.06. The quantitative estimate of drug-likeness (QED) is 0.221. The Morgan fingerprint density at radius 1 is 0.700 bits per heavy atom. The molecule has 0 aliphatic carbocycles. The van der Waals surface area contributed by atoms with Gasteiger partial charge in [-0.25, -0.2) is 9.55 Å². The number of oxazole rings is 1. The van der Waals surface area contributed by atoms with Crippen molar-refractivity contribution >= 4 is 43.7 Å². The standard InChI is InChI=1S/C36H26N3O/c1-23-12-13-26(25-14-17-30-27(20-25)15-18-32-35(30)40-22-37-32)21-31(23)36-38(2)33-19-16-24-8-6-7-11-29(24)34(33)39(36)28-9-4-3-5-10-28/h3-22H,1-2H3/q+1. The monoisotopic (exact) mass is 516 g/mol. The van der Waals surface area contributed by atoms with Crippen LogP contribution in [0.15, 0.2) is 126 Å². The Balaban J connectivity index is 1.40. The van der Waals surface area contributed by atoms with Crippen molar-refractivity contribution in [1.29, 1.82) is 0 Å². The van der Waals surface area contributed by atoms with Gasteiger partial charge in [-0.3, -0.25) is 0 Å². The van der Waals surface area contributed by atoms with E-state index in [2.05, 4.69) is 137 Å². The number of aromatic nitrogens is 3. The number of imidazole rings is 1. The molecule has 40 heavy (non-hydrogen) atoms. The Morgan fingerprint density at radius 3 is 2.38 bits per heavy atom. The first-order valence-electron chi connectivity index (χ1n) is 13.5. The van der Waals surface area contributed by atoms with Crippen LogP contribution in [0.4, 0.5) is 0 Å². The van der Waals surface area contributed by atoms with E-state index in [-0.39, 0.29) is 0 Å². The number of hydrogen-bond acceptors (Lipinski definition) is 2. The van der Waals surface area contributed by atoms with E-state index >= 15 is 0 Å². The summed E-state index contributed by atoms with van der Waals surface area (Å²) in [5.41, 5.74) is 10.1. The second-order valence-corrected chi connectivity index (χ2v) is 10.4. The first-order chi connectivity index (χ1) is 19.7. The number of para-hydroxylation sites is 1. The molecule has 0 amide bonds. The van der Waals surface area contributed by atoms with E-state index in [9.17, 15) is 0 Å². The predicted octanol–water partition coefficient (Wildman–Crippen LogP) is 8.55. The summed E-state index contributed by atoms with van der Waals surface area (Å²) in [5.74, 6) is 1.15. The van der Waals surface area contributed by atoms with Gasteiger partial charge in [0, 0.05) is 10.8 Å². The summed E-state index contributed by atoms with van der Waals surface area (Å²) in [6, 6.07) is 41.3. The van der Waals surface area contributed by atoms with Crippen LogP contribution in [0, 0.1) is 6.92 Å². The van der Waals surface area contributed by atoms with Crippen LogP contribution in [0.1, 0.15) is 5.56 Å². The molecule has 6 aromatic carbocycles. The predicted molar refractivity (Wildman–Crippen MR) is 163 cm³/mol. The van der Waals surface area contributed by atoms with Crippen molar-refractivity contribution < 1.29 is 8.98 Å². The summed E-state index contributed by atoms with van der Waals surface area (Å²) >= 11 is 0. The summed E-state index contributed by atoms with van der Waals surface area (Å²) in [4.78, 5) is 4.31. The molecule has 0 saturated carbocycles. The molecule has 0 aliphatic rings. The SMILES string of the molecule is Cc1ccc(-c2ccc3c(ccc4ncoc43)c2)cc1-c1n(-c2ccccc2)c2c3ccccc3ccc2[n+]1C. The molecule has 0 fully saturated rings. The minimum Gasteiger partial charge on any atom is -0.443 e. The third kappa shape index (κ3) is 3.33. The third-order valence-electron chi connectivity index (χ3n) is 8.13. The fourth-order valence-electron chi connectivity index (χ4n) is 6.12. The van der Waals surface area contributed by atoms with Crippen LogP contribution in [0.2, 0.25) is 0 Å². The maximum absolute atomic E-state index is 5.68. The lowest BCUT2D eigenvalue weighted by molar-refractivity contribution is -0.633. The average molecular weight is 517 g/mol. The average Bonchev–Trinajstić information content (AvgIpc) is 3.60. The van der Waals surface area contributed by atoms with Crippen molar-refractivity contribution in [2.75, 3.05) is 0 Å². The molecule has 0 atom stereocenters. The van der Waals surface area contributed by atoms with Gasteiger partial charge in [-0.2, -0.15) is 4.57 Å². The lowest BCUT2D eigenvalue weighted by Gasteiger charge is -2.10. The van der Waals surface area contributed by atoms with Gasteiger partial charge in [0.15, 0.2) is 23.0 Å². The Morgan fingerprint density at radius 2 is 1.48 bits per heavy atom. The third-order valence-corrected chi connectivity index (χ3v) is 8.13. The largest absolute Gasteiger partial charge is 0.443 e. The van der Waals surface area contributed by atoms with E-state index < -0.39 is 0 Å². The van der Waals surface area contributed by atoms with Crippen LogP contribution >= 0.6 is 0 Å². The first-order valence-corrected chi connectivity index (χ1v) is 13.5. The van der Waals surface area contributed by atoms with Gasteiger partial charge in [-0.05, 0) is 89.0 Å². The van der Waals surface area contributed by atoms with Crippen LogP contribution in [-0.2, 0) is 7.05 Å². The summed E-state index contributed by atoms with van der Waals surface area (Å²) in [5, 5.41) is 4.69. The van der Waals surface area contributed by atoms with E-state index in [0.717, 1.165) is 33.4 Å². The second-order valence-electron chi connectivity index (χ2n) is 10.4. The molecule has 0 saturated heterocycles. The normalized spacial score (nSPS) is 11.8. The van der Waals surface area contributed by atoms with Gasteiger partial charge in [-0.15, -0.1) is 0 Å². The molecule has 0 N–H and O–H groups in total. The van der Waals surface area contributed by atoms with Gasteiger partial charge in [0.2, 0.25) is 0 Å². The molecular weight excluding hydrogens is 490 g/mol. The second kappa shape index (κ2) is 8.65. The molecule has 0 bridgehead atoms. The van der Waals surface area contributed by atoms with Crippen molar-refractivity contribution in [3.05, 3.63) is 127 Å². The molecule has 0 radical (unpaired) electrons.